The summed E-state index contributed by atoms with van der Waals surface area (Å²) in [6.45, 7) is 1.67. The summed E-state index contributed by atoms with van der Waals surface area (Å²) in [6.07, 6.45) is -4.37. The SMILES string of the molecule is Cc1cc(F)ccc1-c1cccc(C(F)(F)F)c1. The largest absolute Gasteiger partial charge is 0.416 e. The quantitative estimate of drug-likeness (QED) is 0.640. The van der Waals surface area contributed by atoms with Gasteiger partial charge in [-0.15, -0.1) is 0 Å². The average molecular weight is 254 g/mol. The maximum absolute atomic E-state index is 13.0. The van der Waals surface area contributed by atoms with E-state index in [1.165, 1.54) is 24.3 Å². The summed E-state index contributed by atoms with van der Waals surface area (Å²) in [5.74, 6) is -0.400. The topological polar surface area (TPSA) is 0 Å². The highest BCUT2D eigenvalue weighted by molar-refractivity contribution is 5.67. The number of aryl methyl sites for hydroxylation is 1. The van der Waals surface area contributed by atoms with Crippen molar-refractivity contribution in [2.75, 3.05) is 0 Å². The van der Waals surface area contributed by atoms with Gasteiger partial charge in [0.15, 0.2) is 0 Å². The molecule has 0 bridgehead atoms. The monoisotopic (exact) mass is 254 g/mol. The predicted molar refractivity (Wildman–Crippen MR) is 61.6 cm³/mol. The molecule has 0 amide bonds. The highest BCUT2D eigenvalue weighted by Gasteiger charge is 2.30. The number of alkyl halides is 3. The van der Waals surface area contributed by atoms with Gasteiger partial charge in [-0.2, -0.15) is 13.2 Å². The van der Waals surface area contributed by atoms with Gasteiger partial charge >= 0.3 is 6.18 Å². The Labute approximate surface area is 102 Å². The first kappa shape index (κ1) is 12.6. The van der Waals surface area contributed by atoms with Gasteiger partial charge in [0.2, 0.25) is 0 Å². The molecule has 0 N–H and O–H groups in total. The van der Waals surface area contributed by atoms with E-state index >= 15 is 0 Å². The van der Waals surface area contributed by atoms with Crippen LogP contribution < -0.4 is 0 Å². The van der Waals surface area contributed by atoms with Crippen LogP contribution in [0.4, 0.5) is 17.6 Å². The first-order valence-corrected chi connectivity index (χ1v) is 5.32. The Morgan fingerprint density at radius 1 is 0.944 bits per heavy atom. The molecule has 0 aliphatic carbocycles. The zero-order valence-electron chi connectivity index (χ0n) is 9.55. The Bertz CT molecular complexity index is 570. The third-order valence-corrected chi connectivity index (χ3v) is 2.69. The molecule has 0 nitrogen and oxygen atoms in total. The lowest BCUT2D eigenvalue weighted by molar-refractivity contribution is -0.137. The van der Waals surface area contributed by atoms with Crippen LogP contribution in [0, 0.1) is 12.7 Å². The number of benzene rings is 2. The molecule has 2 aromatic carbocycles. The van der Waals surface area contributed by atoms with E-state index in [-0.39, 0.29) is 0 Å². The van der Waals surface area contributed by atoms with Gasteiger partial charge in [-0.3, -0.25) is 0 Å². The Morgan fingerprint density at radius 2 is 1.67 bits per heavy atom. The molecule has 0 aliphatic heterocycles. The van der Waals surface area contributed by atoms with Gasteiger partial charge in [0.05, 0.1) is 5.56 Å². The lowest BCUT2D eigenvalue weighted by Gasteiger charge is -2.10. The second-order valence-electron chi connectivity index (χ2n) is 4.04. The third kappa shape index (κ3) is 2.53. The summed E-state index contributed by atoms with van der Waals surface area (Å²) in [5.41, 5.74) is 0.933. The van der Waals surface area contributed by atoms with E-state index in [0.717, 1.165) is 12.1 Å². The number of hydrogen-bond acceptors (Lipinski definition) is 0. The van der Waals surface area contributed by atoms with Crippen LogP contribution in [-0.4, -0.2) is 0 Å². The third-order valence-electron chi connectivity index (χ3n) is 2.69. The van der Waals surface area contributed by atoms with Crippen molar-refractivity contribution < 1.29 is 17.6 Å². The summed E-state index contributed by atoms with van der Waals surface area (Å²) >= 11 is 0. The average Bonchev–Trinajstić information content (AvgIpc) is 2.28. The van der Waals surface area contributed by atoms with Crippen LogP contribution in [0.25, 0.3) is 11.1 Å². The first-order valence-electron chi connectivity index (χ1n) is 5.32. The molecule has 4 heteroatoms. The van der Waals surface area contributed by atoms with Crippen LogP contribution in [0.1, 0.15) is 11.1 Å². The number of rotatable bonds is 1. The highest BCUT2D eigenvalue weighted by atomic mass is 19.4. The fraction of sp³-hybridized carbons (Fsp3) is 0.143. The van der Waals surface area contributed by atoms with Crippen molar-refractivity contribution in [1.29, 1.82) is 0 Å². The van der Waals surface area contributed by atoms with E-state index in [9.17, 15) is 17.6 Å². The highest BCUT2D eigenvalue weighted by Crippen LogP contribution is 2.33. The van der Waals surface area contributed by atoms with Crippen LogP contribution in [0.2, 0.25) is 0 Å². The van der Waals surface area contributed by atoms with E-state index in [0.29, 0.717) is 16.7 Å². The first-order chi connectivity index (χ1) is 8.38. The van der Waals surface area contributed by atoms with E-state index in [2.05, 4.69) is 0 Å². The predicted octanol–water partition coefficient (Wildman–Crippen LogP) is 4.82. The van der Waals surface area contributed by atoms with Gasteiger partial charge in [0.1, 0.15) is 5.82 Å². The molecule has 0 aromatic heterocycles. The minimum absolute atomic E-state index is 0.400. The second kappa shape index (κ2) is 4.44. The fourth-order valence-electron chi connectivity index (χ4n) is 1.81. The van der Waals surface area contributed by atoms with Crippen molar-refractivity contribution in [3.63, 3.8) is 0 Å². The van der Waals surface area contributed by atoms with Crippen LogP contribution in [-0.2, 0) is 6.18 Å². The van der Waals surface area contributed by atoms with Gasteiger partial charge in [0.25, 0.3) is 0 Å². The van der Waals surface area contributed by atoms with Crippen molar-refractivity contribution in [3.8, 4) is 11.1 Å². The van der Waals surface area contributed by atoms with Crippen LogP contribution >= 0.6 is 0 Å². The Balaban J connectivity index is 2.51. The van der Waals surface area contributed by atoms with Gasteiger partial charge in [-0.25, -0.2) is 4.39 Å². The molecular formula is C14H10F4. The smallest absolute Gasteiger partial charge is 0.207 e. The lowest BCUT2D eigenvalue weighted by Crippen LogP contribution is -2.04. The van der Waals surface area contributed by atoms with E-state index in [1.54, 1.807) is 13.0 Å². The molecule has 0 atom stereocenters. The molecule has 0 spiro atoms. The van der Waals surface area contributed by atoms with Crippen molar-refractivity contribution in [3.05, 3.63) is 59.4 Å². The standard InChI is InChI=1S/C14H10F4/c1-9-7-12(15)5-6-13(9)10-3-2-4-11(8-10)14(16,17)18/h2-8H,1H3. The summed E-state index contributed by atoms with van der Waals surface area (Å²) in [7, 11) is 0. The van der Waals surface area contributed by atoms with Gasteiger partial charge in [-0.1, -0.05) is 18.2 Å². The number of hydrogen-bond donors (Lipinski definition) is 0. The van der Waals surface area contributed by atoms with Crippen molar-refractivity contribution in [1.82, 2.24) is 0 Å². The van der Waals surface area contributed by atoms with Gasteiger partial charge in [0, 0.05) is 0 Å². The normalized spacial score (nSPS) is 11.6. The summed E-state index contributed by atoms with van der Waals surface area (Å²) in [4.78, 5) is 0. The molecule has 0 aliphatic rings. The second-order valence-corrected chi connectivity index (χ2v) is 4.04. The fourth-order valence-corrected chi connectivity index (χ4v) is 1.81. The summed E-state index contributed by atoms with van der Waals surface area (Å²) in [6, 6.07) is 9.04. The van der Waals surface area contributed by atoms with E-state index in [1.807, 2.05) is 0 Å². The maximum Gasteiger partial charge on any atom is 0.416 e. The molecule has 0 heterocycles. The molecule has 0 unspecified atom stereocenters. The minimum atomic E-state index is -4.37. The van der Waals surface area contributed by atoms with Gasteiger partial charge < -0.3 is 0 Å². The Kier molecular flexibility index (Phi) is 3.11. The molecule has 0 fully saturated rings. The number of halogens is 4. The molecular weight excluding hydrogens is 244 g/mol. The van der Waals surface area contributed by atoms with E-state index in [4.69, 9.17) is 0 Å². The molecule has 0 saturated carbocycles. The van der Waals surface area contributed by atoms with Crippen LogP contribution in [0.3, 0.4) is 0 Å². The summed E-state index contributed by atoms with van der Waals surface area (Å²) < 4.78 is 50.7. The molecule has 18 heavy (non-hydrogen) atoms. The molecule has 94 valence electrons. The van der Waals surface area contributed by atoms with Crippen molar-refractivity contribution in [2.45, 2.75) is 13.1 Å². The molecule has 0 saturated heterocycles. The van der Waals surface area contributed by atoms with E-state index < -0.39 is 17.6 Å². The maximum atomic E-state index is 13.0. The Hall–Kier alpha value is -1.84. The van der Waals surface area contributed by atoms with Crippen molar-refractivity contribution >= 4 is 0 Å². The zero-order valence-corrected chi connectivity index (χ0v) is 9.55. The zero-order chi connectivity index (χ0) is 13.3. The van der Waals surface area contributed by atoms with Gasteiger partial charge in [-0.05, 0) is 47.9 Å². The lowest BCUT2D eigenvalue weighted by atomic mass is 9.99. The van der Waals surface area contributed by atoms with Crippen molar-refractivity contribution in [2.24, 2.45) is 0 Å². The minimum Gasteiger partial charge on any atom is -0.207 e. The van der Waals surface area contributed by atoms with Crippen LogP contribution in [0.15, 0.2) is 42.5 Å². The van der Waals surface area contributed by atoms with Crippen LogP contribution in [0.5, 0.6) is 0 Å². The summed E-state index contributed by atoms with van der Waals surface area (Å²) in [5, 5.41) is 0. The Morgan fingerprint density at radius 3 is 2.28 bits per heavy atom. The molecule has 2 aromatic rings. The molecule has 2 rings (SSSR count). The molecule has 0 radical (unpaired) electrons.